The molecular formula is C20H15F3N4OS. The third kappa shape index (κ3) is 4.45. The van der Waals surface area contributed by atoms with Crippen LogP contribution in [0.4, 0.5) is 19.0 Å². The van der Waals surface area contributed by atoms with Gasteiger partial charge in [0.15, 0.2) is 0 Å². The number of ether oxygens (including phenoxy) is 1. The molecule has 0 aliphatic carbocycles. The minimum Gasteiger partial charge on any atom is -0.430 e. The molecule has 2 aromatic carbocycles. The van der Waals surface area contributed by atoms with Crippen molar-refractivity contribution in [2.24, 2.45) is 0 Å². The lowest BCUT2D eigenvalue weighted by atomic mass is 10.2. The zero-order valence-electron chi connectivity index (χ0n) is 15.0. The molecule has 0 saturated carbocycles. The van der Waals surface area contributed by atoms with Crippen molar-refractivity contribution in [2.45, 2.75) is 12.6 Å². The van der Waals surface area contributed by atoms with Gasteiger partial charge in [-0.1, -0.05) is 35.6 Å². The van der Waals surface area contributed by atoms with Crippen LogP contribution in [0.1, 0.15) is 11.3 Å². The first-order valence-electron chi connectivity index (χ1n) is 8.73. The number of benzene rings is 2. The van der Waals surface area contributed by atoms with Gasteiger partial charge < -0.3 is 10.1 Å². The lowest BCUT2D eigenvalue weighted by molar-refractivity contribution is -0.138. The highest BCUT2D eigenvalue weighted by atomic mass is 32.1. The number of hydrogen-bond donors (Lipinski definition) is 1. The summed E-state index contributed by atoms with van der Waals surface area (Å²) in [6, 6.07) is 12.8. The topological polar surface area (TPSA) is 59.9 Å². The van der Waals surface area contributed by atoms with Crippen LogP contribution in [-0.4, -0.2) is 21.5 Å². The Morgan fingerprint density at radius 3 is 2.66 bits per heavy atom. The van der Waals surface area contributed by atoms with Gasteiger partial charge in [0.1, 0.15) is 17.9 Å². The maximum atomic E-state index is 13.1. The average molecular weight is 416 g/mol. The quantitative estimate of drug-likeness (QED) is 0.446. The van der Waals surface area contributed by atoms with Gasteiger partial charge in [-0.2, -0.15) is 13.2 Å². The SMILES string of the molecule is FC(F)(F)c1ccccc1Oc1nc(CCNc2ncnc3ccccc23)cs1. The molecule has 0 unspecified atom stereocenters. The van der Waals surface area contributed by atoms with Gasteiger partial charge in [0.05, 0.1) is 16.8 Å². The largest absolute Gasteiger partial charge is 0.430 e. The Hall–Kier alpha value is -3.20. The summed E-state index contributed by atoms with van der Waals surface area (Å²) in [6.07, 6.45) is -2.42. The van der Waals surface area contributed by atoms with Crippen molar-refractivity contribution >= 4 is 28.1 Å². The summed E-state index contributed by atoms with van der Waals surface area (Å²) in [4.78, 5) is 12.8. The van der Waals surface area contributed by atoms with E-state index in [1.165, 1.54) is 24.5 Å². The number of aromatic nitrogens is 3. The van der Waals surface area contributed by atoms with Crippen molar-refractivity contribution in [1.82, 2.24) is 15.0 Å². The van der Waals surface area contributed by atoms with E-state index in [0.29, 0.717) is 13.0 Å². The molecule has 0 spiro atoms. The molecule has 1 N–H and O–H groups in total. The number of nitrogens with one attached hydrogen (secondary N) is 1. The fraction of sp³-hybridized carbons (Fsp3) is 0.150. The summed E-state index contributed by atoms with van der Waals surface area (Å²) >= 11 is 1.16. The molecule has 4 aromatic rings. The summed E-state index contributed by atoms with van der Waals surface area (Å²) in [5.41, 5.74) is 0.743. The second-order valence-corrected chi connectivity index (χ2v) is 6.94. The standard InChI is InChI=1S/C20H15F3N4OS/c21-20(22,23)15-6-2-4-8-17(15)28-19-27-13(11-29-19)9-10-24-18-14-5-1-3-7-16(14)25-12-26-18/h1-8,11-12H,9-10H2,(H,24,25,26). The minimum atomic E-state index is -4.49. The lowest BCUT2D eigenvalue weighted by Crippen LogP contribution is -2.07. The molecule has 0 amide bonds. The summed E-state index contributed by atoms with van der Waals surface area (Å²) < 4.78 is 44.6. The molecule has 0 aliphatic heterocycles. The highest BCUT2D eigenvalue weighted by Gasteiger charge is 2.34. The molecule has 4 rings (SSSR count). The molecule has 2 heterocycles. The molecule has 148 valence electrons. The molecule has 0 fully saturated rings. The van der Waals surface area contributed by atoms with Crippen LogP contribution in [-0.2, 0) is 12.6 Å². The zero-order chi connectivity index (χ0) is 20.3. The Labute approximate surface area is 168 Å². The van der Waals surface area contributed by atoms with Crippen molar-refractivity contribution in [3.05, 3.63) is 71.5 Å². The third-order valence-corrected chi connectivity index (χ3v) is 4.90. The van der Waals surface area contributed by atoms with Crippen molar-refractivity contribution in [2.75, 3.05) is 11.9 Å². The first-order chi connectivity index (χ1) is 14.0. The Bertz CT molecular complexity index is 1120. The molecule has 0 saturated heterocycles. The smallest absolute Gasteiger partial charge is 0.419 e. The van der Waals surface area contributed by atoms with Crippen molar-refractivity contribution in [1.29, 1.82) is 0 Å². The van der Waals surface area contributed by atoms with Crippen LogP contribution in [0.25, 0.3) is 10.9 Å². The van der Waals surface area contributed by atoms with Crippen LogP contribution < -0.4 is 10.1 Å². The highest BCUT2D eigenvalue weighted by Crippen LogP contribution is 2.38. The number of halogens is 3. The fourth-order valence-corrected chi connectivity index (χ4v) is 3.50. The number of anilines is 1. The molecule has 0 atom stereocenters. The number of alkyl halides is 3. The predicted molar refractivity (Wildman–Crippen MR) is 105 cm³/mol. The van der Waals surface area contributed by atoms with Crippen molar-refractivity contribution in [3.63, 3.8) is 0 Å². The summed E-state index contributed by atoms with van der Waals surface area (Å²) in [7, 11) is 0. The van der Waals surface area contributed by atoms with Crippen LogP contribution in [0.5, 0.6) is 10.9 Å². The number of thiazole rings is 1. The Morgan fingerprint density at radius 1 is 1.00 bits per heavy atom. The zero-order valence-corrected chi connectivity index (χ0v) is 15.8. The maximum absolute atomic E-state index is 13.1. The van der Waals surface area contributed by atoms with E-state index in [1.54, 1.807) is 5.38 Å². The average Bonchev–Trinajstić information content (AvgIpc) is 3.15. The van der Waals surface area contributed by atoms with Gasteiger partial charge in [-0.3, -0.25) is 0 Å². The normalized spacial score (nSPS) is 11.6. The summed E-state index contributed by atoms with van der Waals surface area (Å²) in [6.45, 7) is 0.559. The second-order valence-electron chi connectivity index (χ2n) is 6.12. The third-order valence-electron chi connectivity index (χ3n) is 4.14. The van der Waals surface area contributed by atoms with Gasteiger partial charge in [-0.15, -0.1) is 0 Å². The second kappa shape index (κ2) is 8.04. The lowest BCUT2D eigenvalue weighted by Gasteiger charge is -2.11. The van der Waals surface area contributed by atoms with E-state index in [2.05, 4.69) is 20.3 Å². The number of hydrogen-bond acceptors (Lipinski definition) is 6. The van der Waals surface area contributed by atoms with Crippen LogP contribution in [0.3, 0.4) is 0 Å². The maximum Gasteiger partial charge on any atom is 0.419 e. The number of fused-ring (bicyclic) bond motifs is 1. The van der Waals surface area contributed by atoms with Gasteiger partial charge in [0.25, 0.3) is 5.19 Å². The summed E-state index contributed by atoms with van der Waals surface area (Å²) in [5.74, 6) is 0.466. The van der Waals surface area contributed by atoms with Crippen LogP contribution in [0.15, 0.2) is 60.2 Å². The predicted octanol–water partition coefficient (Wildman–Crippen LogP) is 5.55. The van der Waals surface area contributed by atoms with E-state index >= 15 is 0 Å². The number of nitrogens with zero attached hydrogens (tertiary/aromatic N) is 3. The molecule has 0 bridgehead atoms. The molecule has 0 aliphatic rings. The van der Waals surface area contributed by atoms with Crippen LogP contribution in [0, 0.1) is 0 Å². The Morgan fingerprint density at radius 2 is 1.79 bits per heavy atom. The molecule has 9 heteroatoms. The molecule has 29 heavy (non-hydrogen) atoms. The fourth-order valence-electron chi connectivity index (χ4n) is 2.79. The van der Waals surface area contributed by atoms with E-state index < -0.39 is 11.7 Å². The highest BCUT2D eigenvalue weighted by molar-refractivity contribution is 7.11. The molecule has 5 nitrogen and oxygen atoms in total. The minimum absolute atomic E-state index is 0.171. The first kappa shape index (κ1) is 19.1. The van der Waals surface area contributed by atoms with Gasteiger partial charge >= 0.3 is 6.18 Å². The van der Waals surface area contributed by atoms with E-state index in [1.807, 2.05) is 24.3 Å². The van der Waals surface area contributed by atoms with E-state index in [9.17, 15) is 13.2 Å². The number of para-hydroxylation sites is 2. The van der Waals surface area contributed by atoms with Crippen LogP contribution in [0.2, 0.25) is 0 Å². The van der Waals surface area contributed by atoms with E-state index in [0.717, 1.165) is 39.8 Å². The Balaban J connectivity index is 1.40. The Kier molecular flexibility index (Phi) is 5.30. The van der Waals surface area contributed by atoms with Gasteiger partial charge in [0, 0.05) is 23.7 Å². The van der Waals surface area contributed by atoms with Crippen molar-refractivity contribution in [3.8, 4) is 10.9 Å². The van der Waals surface area contributed by atoms with Gasteiger partial charge in [-0.05, 0) is 24.3 Å². The van der Waals surface area contributed by atoms with E-state index in [-0.39, 0.29) is 10.9 Å². The summed E-state index contributed by atoms with van der Waals surface area (Å²) in [5, 5.41) is 6.11. The monoisotopic (exact) mass is 416 g/mol. The molecular weight excluding hydrogens is 401 g/mol. The van der Waals surface area contributed by atoms with Gasteiger partial charge in [-0.25, -0.2) is 15.0 Å². The van der Waals surface area contributed by atoms with Gasteiger partial charge in [0.2, 0.25) is 0 Å². The number of rotatable bonds is 6. The molecule has 2 aromatic heterocycles. The first-order valence-corrected chi connectivity index (χ1v) is 9.61. The molecule has 0 radical (unpaired) electrons. The van der Waals surface area contributed by atoms with Crippen LogP contribution >= 0.6 is 11.3 Å². The van der Waals surface area contributed by atoms with Crippen molar-refractivity contribution < 1.29 is 17.9 Å². The van der Waals surface area contributed by atoms with E-state index in [4.69, 9.17) is 4.74 Å².